The number of carbonyl (C=O) groups excluding carboxylic acids is 1. The Morgan fingerprint density at radius 1 is 1.53 bits per heavy atom. The number of amidine groups is 1. The van der Waals surface area contributed by atoms with Crippen molar-refractivity contribution >= 4 is 17.4 Å². The molecule has 0 atom stereocenters. The van der Waals surface area contributed by atoms with E-state index >= 15 is 0 Å². The van der Waals surface area contributed by atoms with Gasteiger partial charge in [0, 0.05) is 6.92 Å². The molecule has 2 N–H and O–H groups in total. The van der Waals surface area contributed by atoms with Crippen LogP contribution in [0.5, 0.6) is 5.75 Å². The fourth-order valence-corrected chi connectivity index (χ4v) is 1.29. The van der Waals surface area contributed by atoms with Crippen LogP contribution in [-0.4, -0.2) is 23.4 Å². The van der Waals surface area contributed by atoms with Gasteiger partial charge in [-0.2, -0.15) is 0 Å². The van der Waals surface area contributed by atoms with Gasteiger partial charge in [-0.1, -0.05) is 12.1 Å². The molecule has 0 saturated heterocycles. The Morgan fingerprint density at radius 2 is 2.27 bits per heavy atom. The minimum Gasteiger partial charge on any atom is -0.483 e. The molecule has 0 aromatic heterocycles. The van der Waals surface area contributed by atoms with Gasteiger partial charge < -0.3 is 4.74 Å². The van der Waals surface area contributed by atoms with E-state index in [0.29, 0.717) is 17.3 Å². The Bertz CT molecular complexity index is 428. The second kappa shape index (κ2) is 3.70. The maximum atomic E-state index is 11.0. The minimum absolute atomic E-state index is 0.215. The average molecular weight is 205 g/mol. The number of para-hydroxylation sites is 2. The van der Waals surface area contributed by atoms with E-state index in [9.17, 15) is 4.79 Å². The van der Waals surface area contributed by atoms with E-state index in [1.807, 2.05) is 24.3 Å². The molecule has 1 aliphatic heterocycles. The fraction of sp³-hybridized carbons (Fsp3) is 0.200. The Morgan fingerprint density at radius 3 is 3.00 bits per heavy atom. The zero-order valence-corrected chi connectivity index (χ0v) is 8.30. The summed E-state index contributed by atoms with van der Waals surface area (Å²) >= 11 is 0. The molecule has 0 unspecified atom stereocenters. The summed E-state index contributed by atoms with van der Waals surface area (Å²) in [5, 5.41) is 0.996. The number of aliphatic imine (C=N–C) groups is 1. The first-order valence-corrected chi connectivity index (χ1v) is 4.53. The van der Waals surface area contributed by atoms with E-state index in [4.69, 9.17) is 10.6 Å². The summed E-state index contributed by atoms with van der Waals surface area (Å²) in [6.45, 7) is 1.59. The van der Waals surface area contributed by atoms with Gasteiger partial charge >= 0.3 is 0 Å². The summed E-state index contributed by atoms with van der Waals surface area (Å²) in [6, 6.07) is 7.35. The first-order valence-electron chi connectivity index (χ1n) is 4.53. The van der Waals surface area contributed by atoms with Gasteiger partial charge in [-0.15, -0.1) is 0 Å². The van der Waals surface area contributed by atoms with Crippen LogP contribution >= 0.6 is 0 Å². The molecule has 0 radical (unpaired) electrons. The molecular weight excluding hydrogens is 194 g/mol. The van der Waals surface area contributed by atoms with E-state index < -0.39 is 0 Å². The zero-order chi connectivity index (χ0) is 10.8. The summed E-state index contributed by atoms with van der Waals surface area (Å²) in [5.74, 6) is 6.38. The van der Waals surface area contributed by atoms with Gasteiger partial charge in [-0.05, 0) is 12.1 Å². The number of rotatable bonds is 0. The zero-order valence-electron chi connectivity index (χ0n) is 8.30. The lowest BCUT2D eigenvalue weighted by molar-refractivity contribution is -0.125. The lowest BCUT2D eigenvalue weighted by atomic mass is 10.3. The second-order valence-electron chi connectivity index (χ2n) is 3.17. The van der Waals surface area contributed by atoms with Crippen molar-refractivity contribution in [1.82, 2.24) is 5.01 Å². The van der Waals surface area contributed by atoms with Crippen LogP contribution < -0.4 is 10.6 Å². The summed E-state index contributed by atoms with van der Waals surface area (Å²) in [6.07, 6.45) is 0. The van der Waals surface area contributed by atoms with Crippen LogP contribution in [0.1, 0.15) is 6.92 Å². The van der Waals surface area contributed by atoms with E-state index in [1.165, 1.54) is 6.92 Å². The number of amides is 1. The minimum atomic E-state index is -0.267. The van der Waals surface area contributed by atoms with Gasteiger partial charge in [0.2, 0.25) is 5.91 Å². The molecule has 1 aliphatic rings. The highest BCUT2D eigenvalue weighted by atomic mass is 16.5. The van der Waals surface area contributed by atoms with Crippen molar-refractivity contribution in [3.63, 3.8) is 0 Å². The SMILES string of the molecule is CC(=O)N(N)C1=Nc2ccccc2OC1. The van der Waals surface area contributed by atoms with Crippen LogP contribution in [0.4, 0.5) is 5.69 Å². The van der Waals surface area contributed by atoms with Gasteiger partial charge in [0.05, 0.1) is 0 Å². The number of benzene rings is 1. The predicted molar refractivity (Wildman–Crippen MR) is 55.7 cm³/mol. The van der Waals surface area contributed by atoms with Gasteiger partial charge in [0.1, 0.15) is 18.0 Å². The van der Waals surface area contributed by atoms with E-state index in [1.54, 1.807) is 0 Å². The number of hydrogen-bond donors (Lipinski definition) is 1. The molecule has 0 saturated carbocycles. The normalized spacial score (nSPS) is 13.6. The third-order valence-electron chi connectivity index (χ3n) is 2.09. The lowest BCUT2D eigenvalue weighted by Crippen LogP contribution is -2.44. The summed E-state index contributed by atoms with van der Waals surface area (Å²) < 4.78 is 5.40. The van der Waals surface area contributed by atoms with Crippen molar-refractivity contribution in [2.45, 2.75) is 6.92 Å². The third-order valence-corrected chi connectivity index (χ3v) is 2.09. The predicted octanol–water partition coefficient (Wildman–Crippen LogP) is 0.831. The Hall–Kier alpha value is -1.88. The first kappa shape index (κ1) is 9.67. The highest BCUT2D eigenvalue weighted by molar-refractivity contribution is 5.99. The van der Waals surface area contributed by atoms with Gasteiger partial charge in [0.15, 0.2) is 5.84 Å². The largest absolute Gasteiger partial charge is 0.483 e. The van der Waals surface area contributed by atoms with Gasteiger partial charge in [-0.3, -0.25) is 4.79 Å². The number of ether oxygens (including phenoxy) is 1. The van der Waals surface area contributed by atoms with Gasteiger partial charge in [-0.25, -0.2) is 15.8 Å². The quantitative estimate of drug-likeness (QED) is 0.387. The van der Waals surface area contributed by atoms with Crippen molar-refractivity contribution < 1.29 is 9.53 Å². The van der Waals surface area contributed by atoms with E-state index in [2.05, 4.69) is 4.99 Å². The molecule has 5 heteroatoms. The smallest absolute Gasteiger partial charge is 0.239 e. The third kappa shape index (κ3) is 1.82. The molecule has 15 heavy (non-hydrogen) atoms. The summed E-state index contributed by atoms with van der Waals surface area (Å²) in [7, 11) is 0. The van der Waals surface area contributed by atoms with Crippen molar-refractivity contribution in [3.8, 4) is 5.75 Å². The maximum absolute atomic E-state index is 11.0. The average Bonchev–Trinajstić information content (AvgIpc) is 2.27. The van der Waals surface area contributed by atoms with Crippen molar-refractivity contribution in [1.29, 1.82) is 0 Å². The molecule has 0 spiro atoms. The molecule has 1 aromatic carbocycles. The summed E-state index contributed by atoms with van der Waals surface area (Å²) in [4.78, 5) is 15.3. The van der Waals surface area contributed by atoms with Crippen LogP contribution in [0.15, 0.2) is 29.3 Å². The van der Waals surface area contributed by atoms with Crippen LogP contribution in [0.3, 0.4) is 0 Å². The Balaban J connectivity index is 2.33. The second-order valence-corrected chi connectivity index (χ2v) is 3.17. The first-order chi connectivity index (χ1) is 7.18. The standard InChI is InChI=1S/C10H11N3O2/c1-7(14)13(11)10-6-15-9-5-3-2-4-8(9)12-10/h2-5H,6,11H2,1H3. The number of nitrogens with two attached hydrogens (primary N) is 1. The Kier molecular flexibility index (Phi) is 2.39. The fourth-order valence-electron chi connectivity index (χ4n) is 1.29. The molecule has 1 heterocycles. The monoisotopic (exact) mass is 205 g/mol. The number of nitrogens with zero attached hydrogens (tertiary/aromatic N) is 2. The number of hydrogen-bond acceptors (Lipinski definition) is 4. The number of hydrazine groups is 1. The Labute approximate surface area is 87.1 Å². The maximum Gasteiger partial charge on any atom is 0.239 e. The van der Waals surface area contributed by atoms with Crippen molar-refractivity contribution in [2.24, 2.45) is 10.8 Å². The van der Waals surface area contributed by atoms with Crippen LogP contribution in [0, 0.1) is 0 Å². The van der Waals surface area contributed by atoms with E-state index in [0.717, 1.165) is 5.01 Å². The molecule has 5 nitrogen and oxygen atoms in total. The molecular formula is C10H11N3O2. The van der Waals surface area contributed by atoms with Crippen LogP contribution in [0.2, 0.25) is 0 Å². The molecule has 1 aromatic rings. The van der Waals surface area contributed by atoms with Gasteiger partial charge in [0.25, 0.3) is 0 Å². The molecule has 78 valence electrons. The van der Waals surface area contributed by atoms with Crippen molar-refractivity contribution in [2.75, 3.05) is 6.61 Å². The highest BCUT2D eigenvalue weighted by Crippen LogP contribution is 2.29. The van der Waals surface area contributed by atoms with E-state index in [-0.39, 0.29) is 12.5 Å². The number of fused-ring (bicyclic) bond motifs is 1. The molecule has 1 amide bonds. The van der Waals surface area contributed by atoms with Crippen LogP contribution in [-0.2, 0) is 4.79 Å². The van der Waals surface area contributed by atoms with Crippen LogP contribution in [0.25, 0.3) is 0 Å². The topological polar surface area (TPSA) is 67.9 Å². The molecule has 0 aliphatic carbocycles. The molecule has 0 fully saturated rings. The highest BCUT2D eigenvalue weighted by Gasteiger charge is 2.18. The number of carbonyl (C=O) groups is 1. The molecule has 0 bridgehead atoms. The van der Waals surface area contributed by atoms with Crippen molar-refractivity contribution in [3.05, 3.63) is 24.3 Å². The summed E-state index contributed by atoms with van der Waals surface area (Å²) in [5.41, 5.74) is 0.690. The molecule has 2 rings (SSSR count). The lowest BCUT2D eigenvalue weighted by Gasteiger charge is -2.21.